The maximum Gasteiger partial charge on any atom is 0.124 e. The second-order valence-electron chi connectivity index (χ2n) is 6.39. The molecule has 1 fully saturated rings. The van der Waals surface area contributed by atoms with Crippen molar-refractivity contribution in [2.75, 3.05) is 20.8 Å². The van der Waals surface area contributed by atoms with Gasteiger partial charge in [-0.15, -0.1) is 11.3 Å². The minimum atomic E-state index is 0.339. The highest BCUT2D eigenvalue weighted by Gasteiger charge is 2.29. The first-order chi connectivity index (χ1) is 12.8. The zero-order valence-electron chi connectivity index (χ0n) is 15.0. The molecule has 136 valence electrons. The molecule has 1 aliphatic heterocycles. The van der Waals surface area contributed by atoms with Gasteiger partial charge in [0.05, 0.1) is 19.9 Å². The van der Waals surface area contributed by atoms with Crippen LogP contribution in [0.2, 0.25) is 0 Å². The van der Waals surface area contributed by atoms with E-state index in [4.69, 9.17) is 14.5 Å². The molecule has 4 nitrogen and oxygen atoms in total. The van der Waals surface area contributed by atoms with Gasteiger partial charge in [-0.2, -0.15) is 11.3 Å². The Labute approximate surface area is 162 Å². The van der Waals surface area contributed by atoms with Gasteiger partial charge in [-0.3, -0.25) is 4.90 Å². The second-order valence-corrected chi connectivity index (χ2v) is 8.03. The Bertz CT molecular complexity index is 861. The second kappa shape index (κ2) is 7.78. The average Bonchev–Trinajstić information content (AvgIpc) is 3.42. The van der Waals surface area contributed by atoms with Crippen LogP contribution in [-0.2, 0) is 6.54 Å². The van der Waals surface area contributed by atoms with Crippen LogP contribution in [0.3, 0.4) is 0 Å². The van der Waals surface area contributed by atoms with Crippen LogP contribution < -0.4 is 9.47 Å². The van der Waals surface area contributed by atoms with Crippen LogP contribution in [0, 0.1) is 0 Å². The van der Waals surface area contributed by atoms with E-state index in [0.717, 1.165) is 41.7 Å². The van der Waals surface area contributed by atoms with Gasteiger partial charge >= 0.3 is 0 Å². The number of likely N-dealkylation sites (tertiary alicyclic amines) is 1. The van der Waals surface area contributed by atoms with E-state index in [1.165, 1.54) is 17.5 Å². The normalized spacial score (nSPS) is 17.5. The molecule has 0 bridgehead atoms. The van der Waals surface area contributed by atoms with Crippen LogP contribution in [0.5, 0.6) is 11.5 Å². The molecular weight excluding hydrogens is 364 g/mol. The van der Waals surface area contributed by atoms with Crippen molar-refractivity contribution in [3.63, 3.8) is 0 Å². The van der Waals surface area contributed by atoms with Gasteiger partial charge in [-0.25, -0.2) is 4.98 Å². The Hall–Kier alpha value is -1.89. The molecule has 1 unspecified atom stereocenters. The maximum atomic E-state index is 5.61. The van der Waals surface area contributed by atoms with Crippen molar-refractivity contribution < 1.29 is 9.47 Å². The van der Waals surface area contributed by atoms with Gasteiger partial charge in [-0.1, -0.05) is 0 Å². The van der Waals surface area contributed by atoms with E-state index < -0.39 is 0 Å². The summed E-state index contributed by atoms with van der Waals surface area (Å²) in [5.74, 6) is 1.81. The minimum absolute atomic E-state index is 0.339. The van der Waals surface area contributed by atoms with Crippen LogP contribution in [0.1, 0.15) is 30.1 Å². The number of rotatable bonds is 6. The Morgan fingerprint density at radius 2 is 2.12 bits per heavy atom. The Morgan fingerprint density at radius 3 is 2.88 bits per heavy atom. The molecule has 1 aliphatic rings. The number of benzene rings is 1. The third kappa shape index (κ3) is 3.49. The molecule has 6 heteroatoms. The molecule has 0 N–H and O–H groups in total. The highest BCUT2D eigenvalue weighted by atomic mass is 32.1. The van der Waals surface area contributed by atoms with E-state index in [1.807, 2.05) is 12.1 Å². The fourth-order valence-electron chi connectivity index (χ4n) is 3.57. The van der Waals surface area contributed by atoms with Gasteiger partial charge in [0, 0.05) is 34.5 Å². The molecule has 0 amide bonds. The van der Waals surface area contributed by atoms with Crippen molar-refractivity contribution in [3.05, 3.63) is 51.7 Å². The van der Waals surface area contributed by atoms with Crippen LogP contribution in [0.25, 0.3) is 10.6 Å². The van der Waals surface area contributed by atoms with Crippen LogP contribution in [0.4, 0.5) is 0 Å². The number of ether oxygens (including phenoxy) is 2. The van der Waals surface area contributed by atoms with Crippen molar-refractivity contribution in [2.45, 2.75) is 25.4 Å². The maximum absolute atomic E-state index is 5.61. The average molecular weight is 387 g/mol. The summed E-state index contributed by atoms with van der Waals surface area (Å²) in [6.07, 6.45) is 2.32. The molecule has 3 heterocycles. The van der Waals surface area contributed by atoms with Crippen LogP contribution in [-0.4, -0.2) is 30.6 Å². The molecule has 1 saturated heterocycles. The van der Waals surface area contributed by atoms with Gasteiger partial charge in [0.25, 0.3) is 0 Å². The fraction of sp³-hybridized carbons (Fsp3) is 0.350. The topological polar surface area (TPSA) is 34.6 Å². The first-order valence-electron chi connectivity index (χ1n) is 8.71. The lowest BCUT2D eigenvalue weighted by Gasteiger charge is -2.25. The van der Waals surface area contributed by atoms with Gasteiger partial charge < -0.3 is 9.47 Å². The summed E-state index contributed by atoms with van der Waals surface area (Å²) in [5.41, 5.74) is 3.57. The highest BCUT2D eigenvalue weighted by Crippen LogP contribution is 2.39. The Kier molecular flexibility index (Phi) is 5.24. The van der Waals surface area contributed by atoms with Gasteiger partial charge in [-0.05, 0) is 49.0 Å². The van der Waals surface area contributed by atoms with Crippen molar-refractivity contribution in [3.8, 4) is 22.1 Å². The summed E-state index contributed by atoms with van der Waals surface area (Å²) >= 11 is 3.44. The van der Waals surface area contributed by atoms with E-state index in [9.17, 15) is 0 Å². The standard InChI is InChI=1S/C20H22N2O2S2/c1-23-16-5-6-19(24-2)17(10-16)18-4-3-8-22(18)11-15-13-26-20(21-15)14-7-9-25-12-14/h5-7,9-10,12-13,18H,3-4,8,11H2,1-2H3. The largest absolute Gasteiger partial charge is 0.497 e. The lowest BCUT2D eigenvalue weighted by molar-refractivity contribution is 0.240. The molecule has 26 heavy (non-hydrogen) atoms. The molecule has 0 saturated carbocycles. The highest BCUT2D eigenvalue weighted by molar-refractivity contribution is 7.14. The van der Waals surface area contributed by atoms with Crippen LogP contribution in [0.15, 0.2) is 40.4 Å². The smallest absolute Gasteiger partial charge is 0.124 e. The monoisotopic (exact) mass is 386 g/mol. The molecule has 0 spiro atoms. The molecule has 4 rings (SSSR count). The number of thiophene rings is 1. The Morgan fingerprint density at radius 1 is 1.19 bits per heavy atom. The van der Waals surface area contributed by atoms with Crippen LogP contribution >= 0.6 is 22.7 Å². The van der Waals surface area contributed by atoms with Gasteiger partial charge in [0.1, 0.15) is 16.5 Å². The molecule has 1 aromatic carbocycles. The van der Waals surface area contributed by atoms with Crippen molar-refractivity contribution in [2.24, 2.45) is 0 Å². The number of hydrogen-bond donors (Lipinski definition) is 0. The van der Waals surface area contributed by atoms with E-state index in [1.54, 1.807) is 36.9 Å². The van der Waals surface area contributed by atoms with Crippen molar-refractivity contribution in [1.29, 1.82) is 0 Å². The Balaban J connectivity index is 1.56. The molecule has 1 atom stereocenters. The summed E-state index contributed by atoms with van der Waals surface area (Å²) in [5, 5.41) is 7.55. The zero-order valence-corrected chi connectivity index (χ0v) is 16.6. The number of aromatic nitrogens is 1. The third-order valence-corrected chi connectivity index (χ3v) is 6.47. The number of thiazole rings is 1. The number of nitrogens with zero attached hydrogens (tertiary/aromatic N) is 2. The molecule has 3 aromatic rings. The molecule has 2 aromatic heterocycles. The SMILES string of the molecule is COc1ccc(OC)c(C2CCCN2Cc2csc(-c3ccsc3)n2)c1. The van der Waals surface area contributed by atoms with E-state index >= 15 is 0 Å². The van der Waals surface area contributed by atoms with E-state index in [2.05, 4.69) is 33.2 Å². The summed E-state index contributed by atoms with van der Waals surface area (Å²) in [4.78, 5) is 7.35. The first kappa shape index (κ1) is 17.5. The zero-order chi connectivity index (χ0) is 17.9. The molecule has 0 aliphatic carbocycles. The summed E-state index contributed by atoms with van der Waals surface area (Å²) < 4.78 is 11.0. The summed E-state index contributed by atoms with van der Waals surface area (Å²) in [6.45, 7) is 1.95. The molecular formula is C20H22N2O2S2. The third-order valence-electron chi connectivity index (χ3n) is 4.84. The van der Waals surface area contributed by atoms with Gasteiger partial charge in [0.2, 0.25) is 0 Å². The predicted molar refractivity (Wildman–Crippen MR) is 107 cm³/mol. The van der Waals surface area contributed by atoms with Crippen molar-refractivity contribution in [1.82, 2.24) is 9.88 Å². The summed E-state index contributed by atoms with van der Waals surface area (Å²) in [7, 11) is 3.44. The lowest BCUT2D eigenvalue weighted by atomic mass is 10.0. The molecule has 0 radical (unpaired) electrons. The van der Waals surface area contributed by atoms with Crippen molar-refractivity contribution >= 4 is 22.7 Å². The number of methoxy groups -OCH3 is 2. The quantitative estimate of drug-likeness (QED) is 0.581. The lowest BCUT2D eigenvalue weighted by Crippen LogP contribution is -2.23. The predicted octanol–water partition coefficient (Wildman–Crippen LogP) is 5.23. The fourth-order valence-corrected chi connectivity index (χ4v) is 5.10. The van der Waals surface area contributed by atoms with E-state index in [-0.39, 0.29) is 0 Å². The van der Waals surface area contributed by atoms with Gasteiger partial charge in [0.15, 0.2) is 0 Å². The minimum Gasteiger partial charge on any atom is -0.497 e. The van der Waals surface area contributed by atoms with E-state index in [0.29, 0.717) is 6.04 Å². The first-order valence-corrected chi connectivity index (χ1v) is 10.5. The number of hydrogen-bond acceptors (Lipinski definition) is 6. The summed E-state index contributed by atoms with van der Waals surface area (Å²) in [6, 6.07) is 8.54.